The van der Waals surface area contributed by atoms with Gasteiger partial charge in [0.25, 0.3) is 0 Å². The van der Waals surface area contributed by atoms with E-state index in [-0.39, 0.29) is 46.7 Å². The first kappa shape index (κ1) is 14.3. The summed E-state index contributed by atoms with van der Waals surface area (Å²) in [6.07, 6.45) is 1.02. The molecule has 106 valence electrons. The van der Waals surface area contributed by atoms with Crippen molar-refractivity contribution in [3.05, 3.63) is 22.7 Å². The van der Waals surface area contributed by atoms with E-state index in [1.54, 1.807) is 0 Å². The van der Waals surface area contributed by atoms with Crippen LogP contribution in [-0.2, 0) is 9.59 Å². The number of aromatic carboxylic acids is 1. The van der Waals surface area contributed by atoms with Crippen LogP contribution in [0.15, 0.2) is 12.1 Å². The number of imide groups is 1. The van der Waals surface area contributed by atoms with Crippen LogP contribution in [0, 0.1) is 0 Å². The Kier molecular flexibility index (Phi) is 3.94. The molecule has 1 aromatic rings. The molecule has 7 heteroatoms. The molecule has 2 rings (SSSR count). The molecule has 0 radical (unpaired) electrons. The summed E-state index contributed by atoms with van der Waals surface area (Å²) in [6.45, 7) is 0. The molecule has 1 heterocycles. The van der Waals surface area contributed by atoms with Gasteiger partial charge in [0.1, 0.15) is 11.3 Å². The van der Waals surface area contributed by atoms with Crippen LogP contribution in [0.2, 0.25) is 5.02 Å². The van der Waals surface area contributed by atoms with Gasteiger partial charge >= 0.3 is 5.97 Å². The first-order chi connectivity index (χ1) is 9.45. The average Bonchev–Trinajstić information content (AvgIpc) is 2.39. The third-order valence-electron chi connectivity index (χ3n) is 3.02. The quantitative estimate of drug-likeness (QED) is 0.864. The van der Waals surface area contributed by atoms with Crippen molar-refractivity contribution in [1.82, 2.24) is 0 Å². The average molecular weight is 298 g/mol. The van der Waals surface area contributed by atoms with Gasteiger partial charge in [-0.25, -0.2) is 9.69 Å². The lowest BCUT2D eigenvalue weighted by Gasteiger charge is -2.26. The highest BCUT2D eigenvalue weighted by molar-refractivity contribution is 6.35. The number of anilines is 1. The number of methoxy groups -OCH3 is 1. The summed E-state index contributed by atoms with van der Waals surface area (Å²) < 4.78 is 4.97. The fourth-order valence-electron chi connectivity index (χ4n) is 2.07. The van der Waals surface area contributed by atoms with Crippen molar-refractivity contribution in [2.24, 2.45) is 0 Å². The SMILES string of the molecule is COc1cc(N2C(=O)CCCC2=O)c(Cl)cc1C(=O)O. The fourth-order valence-corrected chi connectivity index (χ4v) is 2.32. The third-order valence-corrected chi connectivity index (χ3v) is 3.32. The number of carboxylic acid groups (broad SMARTS) is 1. The molecule has 0 saturated carbocycles. The first-order valence-electron chi connectivity index (χ1n) is 5.92. The zero-order valence-electron chi connectivity index (χ0n) is 10.7. The molecule has 1 aromatic carbocycles. The standard InChI is InChI=1S/C13H12ClNO5/c1-20-10-6-9(8(14)5-7(10)13(18)19)15-11(16)3-2-4-12(15)17/h5-6H,2-4H2,1H3,(H,18,19). The maximum Gasteiger partial charge on any atom is 0.339 e. The second-order valence-corrected chi connectivity index (χ2v) is 4.69. The minimum absolute atomic E-state index is 0.0202. The summed E-state index contributed by atoms with van der Waals surface area (Å²) in [5.74, 6) is -1.86. The molecule has 2 amide bonds. The molecule has 1 N–H and O–H groups in total. The van der Waals surface area contributed by atoms with Crippen molar-refractivity contribution in [3.8, 4) is 5.75 Å². The number of halogens is 1. The van der Waals surface area contributed by atoms with Crippen LogP contribution in [-0.4, -0.2) is 30.0 Å². The molecule has 1 aliphatic heterocycles. The van der Waals surface area contributed by atoms with Crippen molar-refractivity contribution in [2.45, 2.75) is 19.3 Å². The normalized spacial score (nSPS) is 15.4. The summed E-state index contributed by atoms with van der Waals surface area (Å²) in [7, 11) is 1.30. The van der Waals surface area contributed by atoms with Crippen LogP contribution in [0.1, 0.15) is 29.6 Å². The Bertz CT molecular complexity index is 583. The van der Waals surface area contributed by atoms with E-state index in [0.717, 1.165) is 4.90 Å². The summed E-state index contributed by atoms with van der Waals surface area (Å²) in [5, 5.41) is 9.06. The Morgan fingerprint density at radius 3 is 2.40 bits per heavy atom. The van der Waals surface area contributed by atoms with Gasteiger partial charge in [-0.3, -0.25) is 9.59 Å². The predicted molar refractivity (Wildman–Crippen MR) is 71.3 cm³/mol. The lowest BCUT2D eigenvalue weighted by atomic mass is 10.1. The maximum absolute atomic E-state index is 11.9. The number of carbonyl (C=O) groups excluding carboxylic acids is 2. The van der Waals surface area contributed by atoms with Gasteiger partial charge in [0.05, 0.1) is 17.8 Å². The fraction of sp³-hybridized carbons (Fsp3) is 0.308. The molecule has 6 nitrogen and oxygen atoms in total. The van der Waals surface area contributed by atoms with Crippen molar-refractivity contribution in [3.63, 3.8) is 0 Å². The number of amides is 2. The second-order valence-electron chi connectivity index (χ2n) is 4.29. The minimum atomic E-state index is -1.20. The molecule has 1 aliphatic rings. The van der Waals surface area contributed by atoms with E-state index in [2.05, 4.69) is 0 Å². The molecule has 1 saturated heterocycles. The zero-order chi connectivity index (χ0) is 14.9. The first-order valence-corrected chi connectivity index (χ1v) is 6.30. The number of piperidine rings is 1. The van der Waals surface area contributed by atoms with Crippen LogP contribution in [0.5, 0.6) is 5.75 Å². The van der Waals surface area contributed by atoms with Gasteiger partial charge in [0.2, 0.25) is 11.8 Å². The monoisotopic (exact) mass is 297 g/mol. The van der Waals surface area contributed by atoms with Gasteiger partial charge in [0.15, 0.2) is 0 Å². The molecule has 0 aromatic heterocycles. The van der Waals surface area contributed by atoms with E-state index in [1.165, 1.54) is 19.2 Å². The van der Waals surface area contributed by atoms with Gasteiger partial charge in [0, 0.05) is 18.9 Å². The van der Waals surface area contributed by atoms with Gasteiger partial charge in [-0.2, -0.15) is 0 Å². The highest BCUT2D eigenvalue weighted by Crippen LogP contribution is 2.35. The molecule has 0 aliphatic carbocycles. The molecule has 1 fully saturated rings. The molecule has 20 heavy (non-hydrogen) atoms. The number of rotatable bonds is 3. The Labute approximate surface area is 119 Å². The predicted octanol–water partition coefficient (Wildman–Crippen LogP) is 2.09. The van der Waals surface area contributed by atoms with E-state index < -0.39 is 5.97 Å². The van der Waals surface area contributed by atoms with Crippen LogP contribution >= 0.6 is 11.6 Å². The van der Waals surface area contributed by atoms with Crippen LogP contribution in [0.3, 0.4) is 0 Å². The number of hydrogen-bond acceptors (Lipinski definition) is 4. The van der Waals surface area contributed by atoms with Crippen LogP contribution < -0.4 is 9.64 Å². The van der Waals surface area contributed by atoms with Crippen molar-refractivity contribution >= 4 is 35.1 Å². The summed E-state index contributed by atoms with van der Waals surface area (Å²) in [6, 6.07) is 2.47. The smallest absolute Gasteiger partial charge is 0.339 e. The van der Waals surface area contributed by atoms with Gasteiger partial charge in [-0.15, -0.1) is 0 Å². The second kappa shape index (κ2) is 5.50. The van der Waals surface area contributed by atoms with Crippen molar-refractivity contribution < 1.29 is 24.2 Å². The lowest BCUT2D eigenvalue weighted by Crippen LogP contribution is -2.40. The summed E-state index contributed by atoms with van der Waals surface area (Å²) in [4.78, 5) is 35.8. The third kappa shape index (κ3) is 2.46. The number of nitrogens with zero attached hydrogens (tertiary/aromatic N) is 1. The summed E-state index contributed by atoms with van der Waals surface area (Å²) >= 11 is 6.00. The molecule has 0 atom stereocenters. The molecule has 0 bridgehead atoms. The number of hydrogen-bond donors (Lipinski definition) is 1. The zero-order valence-corrected chi connectivity index (χ0v) is 11.4. The van der Waals surface area contributed by atoms with E-state index in [0.29, 0.717) is 6.42 Å². The number of ether oxygens (including phenoxy) is 1. The van der Waals surface area contributed by atoms with E-state index in [4.69, 9.17) is 21.4 Å². The van der Waals surface area contributed by atoms with E-state index in [9.17, 15) is 14.4 Å². The highest BCUT2D eigenvalue weighted by Gasteiger charge is 2.30. The van der Waals surface area contributed by atoms with Crippen molar-refractivity contribution in [1.29, 1.82) is 0 Å². The van der Waals surface area contributed by atoms with E-state index in [1.807, 2.05) is 0 Å². The topological polar surface area (TPSA) is 83.9 Å². The summed E-state index contributed by atoms with van der Waals surface area (Å²) in [5.41, 5.74) is 0.0291. The largest absolute Gasteiger partial charge is 0.496 e. The molecule has 0 spiro atoms. The Balaban J connectivity index is 2.54. The number of benzene rings is 1. The van der Waals surface area contributed by atoms with Gasteiger partial charge < -0.3 is 9.84 Å². The number of carbonyl (C=O) groups is 3. The number of carboxylic acids is 1. The van der Waals surface area contributed by atoms with E-state index >= 15 is 0 Å². The highest BCUT2D eigenvalue weighted by atomic mass is 35.5. The van der Waals surface area contributed by atoms with Gasteiger partial charge in [-0.1, -0.05) is 11.6 Å². The molecular formula is C13H12ClNO5. The lowest BCUT2D eigenvalue weighted by molar-refractivity contribution is -0.129. The minimum Gasteiger partial charge on any atom is -0.496 e. The molecule has 0 unspecified atom stereocenters. The maximum atomic E-state index is 11.9. The van der Waals surface area contributed by atoms with Crippen LogP contribution in [0.25, 0.3) is 0 Å². The van der Waals surface area contributed by atoms with Crippen LogP contribution in [0.4, 0.5) is 5.69 Å². The van der Waals surface area contributed by atoms with Crippen molar-refractivity contribution in [2.75, 3.05) is 12.0 Å². The molecular weight excluding hydrogens is 286 g/mol. The Hall–Kier alpha value is -2.08. The van der Waals surface area contributed by atoms with Gasteiger partial charge in [-0.05, 0) is 12.5 Å². The Morgan fingerprint density at radius 1 is 1.30 bits per heavy atom. The Morgan fingerprint density at radius 2 is 1.90 bits per heavy atom.